The van der Waals surface area contributed by atoms with Crippen molar-refractivity contribution in [3.05, 3.63) is 35.1 Å². The molecule has 0 saturated carbocycles. The summed E-state index contributed by atoms with van der Waals surface area (Å²) in [7, 11) is 0. The minimum atomic E-state index is -1.57. The number of benzene rings is 1. The molecule has 0 radical (unpaired) electrons. The average Bonchev–Trinajstić information content (AvgIpc) is 2.46. The molecule has 0 aliphatic heterocycles. The summed E-state index contributed by atoms with van der Waals surface area (Å²) in [6, 6.07) is 1.40. The number of thioether (sulfide) groups is 1. The van der Waals surface area contributed by atoms with Crippen LogP contribution in [-0.2, 0) is 0 Å². The van der Waals surface area contributed by atoms with Gasteiger partial charge in [-0.15, -0.1) is 0 Å². The van der Waals surface area contributed by atoms with E-state index in [0.29, 0.717) is 18.7 Å². The smallest absolute Gasteiger partial charge is 0.251 e. The van der Waals surface area contributed by atoms with E-state index in [1.807, 2.05) is 20.1 Å². The second-order valence-corrected chi connectivity index (χ2v) is 5.81. The SMILES string of the molecule is CCC(CC)(CNC(=O)c1cc(F)c(F)c(F)c1)SC. The molecule has 6 heteroatoms. The lowest BCUT2D eigenvalue weighted by atomic mass is 10.0. The second kappa shape index (κ2) is 7.02. The number of carbonyl (C=O) groups is 1. The van der Waals surface area contributed by atoms with Gasteiger partial charge in [-0.2, -0.15) is 11.8 Å². The Labute approximate surface area is 121 Å². The Morgan fingerprint density at radius 2 is 1.70 bits per heavy atom. The minimum absolute atomic E-state index is 0.104. The highest BCUT2D eigenvalue weighted by molar-refractivity contribution is 8.00. The number of rotatable bonds is 6. The largest absolute Gasteiger partial charge is 0.351 e. The van der Waals surface area contributed by atoms with E-state index in [9.17, 15) is 18.0 Å². The fraction of sp³-hybridized carbons (Fsp3) is 0.500. The number of carbonyl (C=O) groups excluding carboxylic acids is 1. The van der Waals surface area contributed by atoms with Gasteiger partial charge in [0.2, 0.25) is 0 Å². The zero-order chi connectivity index (χ0) is 15.3. The van der Waals surface area contributed by atoms with E-state index in [-0.39, 0.29) is 10.3 Å². The molecule has 112 valence electrons. The number of nitrogens with one attached hydrogen (secondary N) is 1. The van der Waals surface area contributed by atoms with Crippen molar-refractivity contribution in [3.8, 4) is 0 Å². The maximum Gasteiger partial charge on any atom is 0.251 e. The van der Waals surface area contributed by atoms with Crippen LogP contribution in [-0.4, -0.2) is 23.5 Å². The summed E-state index contributed by atoms with van der Waals surface area (Å²) >= 11 is 1.64. The van der Waals surface area contributed by atoms with Crippen LogP contribution < -0.4 is 5.32 Å². The van der Waals surface area contributed by atoms with Gasteiger partial charge in [0.15, 0.2) is 17.5 Å². The molecule has 0 heterocycles. The first-order valence-electron chi connectivity index (χ1n) is 6.37. The van der Waals surface area contributed by atoms with Gasteiger partial charge in [-0.3, -0.25) is 4.79 Å². The predicted octanol–water partition coefficient (Wildman–Crippen LogP) is 3.76. The molecule has 0 bridgehead atoms. The molecule has 0 unspecified atom stereocenters. The molecule has 1 N–H and O–H groups in total. The molecule has 0 spiro atoms. The van der Waals surface area contributed by atoms with Gasteiger partial charge < -0.3 is 5.32 Å². The Hall–Kier alpha value is -1.17. The van der Waals surface area contributed by atoms with Gasteiger partial charge >= 0.3 is 0 Å². The normalized spacial score (nSPS) is 11.5. The predicted molar refractivity (Wildman–Crippen MR) is 75.5 cm³/mol. The molecule has 1 amide bonds. The highest BCUT2D eigenvalue weighted by Crippen LogP contribution is 2.29. The molecule has 1 aromatic rings. The van der Waals surface area contributed by atoms with E-state index in [1.165, 1.54) is 0 Å². The van der Waals surface area contributed by atoms with Crippen LogP contribution in [0.1, 0.15) is 37.0 Å². The van der Waals surface area contributed by atoms with Crippen molar-refractivity contribution in [2.45, 2.75) is 31.4 Å². The molecule has 0 aliphatic rings. The van der Waals surface area contributed by atoms with Gasteiger partial charge in [-0.25, -0.2) is 13.2 Å². The van der Waals surface area contributed by atoms with Crippen LogP contribution in [0.5, 0.6) is 0 Å². The minimum Gasteiger partial charge on any atom is -0.351 e. The third-order valence-electron chi connectivity index (χ3n) is 3.54. The molecule has 0 saturated heterocycles. The summed E-state index contributed by atoms with van der Waals surface area (Å²) in [4.78, 5) is 11.9. The third-order valence-corrected chi connectivity index (χ3v) is 5.13. The Balaban J connectivity index is 2.82. The van der Waals surface area contributed by atoms with Gasteiger partial charge in [0.1, 0.15) is 0 Å². The highest BCUT2D eigenvalue weighted by Gasteiger charge is 2.26. The Kier molecular flexibility index (Phi) is 5.92. The molecule has 1 rings (SSSR count). The molecular weight excluding hydrogens is 287 g/mol. The summed E-state index contributed by atoms with van der Waals surface area (Å²) in [5.74, 6) is -4.90. The summed E-state index contributed by atoms with van der Waals surface area (Å²) in [6.45, 7) is 4.42. The molecule has 20 heavy (non-hydrogen) atoms. The van der Waals surface area contributed by atoms with Crippen molar-refractivity contribution in [2.75, 3.05) is 12.8 Å². The van der Waals surface area contributed by atoms with Crippen LogP contribution in [0.25, 0.3) is 0 Å². The molecule has 0 fully saturated rings. The van der Waals surface area contributed by atoms with E-state index in [2.05, 4.69) is 5.32 Å². The second-order valence-electron chi connectivity index (χ2n) is 4.53. The molecule has 0 aliphatic carbocycles. The van der Waals surface area contributed by atoms with Gasteiger partial charge in [-0.1, -0.05) is 13.8 Å². The van der Waals surface area contributed by atoms with Gasteiger partial charge in [0, 0.05) is 16.9 Å². The van der Waals surface area contributed by atoms with E-state index >= 15 is 0 Å². The van der Waals surface area contributed by atoms with Crippen molar-refractivity contribution in [3.63, 3.8) is 0 Å². The van der Waals surface area contributed by atoms with Crippen LogP contribution in [0.15, 0.2) is 12.1 Å². The van der Waals surface area contributed by atoms with Crippen molar-refractivity contribution >= 4 is 17.7 Å². The molecule has 1 aromatic carbocycles. The van der Waals surface area contributed by atoms with E-state index in [0.717, 1.165) is 12.8 Å². The first kappa shape index (κ1) is 16.9. The maximum atomic E-state index is 13.1. The number of amides is 1. The zero-order valence-corrected chi connectivity index (χ0v) is 12.5. The van der Waals surface area contributed by atoms with E-state index in [1.54, 1.807) is 11.8 Å². The van der Waals surface area contributed by atoms with Crippen LogP contribution in [0.3, 0.4) is 0 Å². The summed E-state index contributed by atoms with van der Waals surface area (Å²) < 4.78 is 38.9. The Morgan fingerprint density at radius 1 is 1.20 bits per heavy atom. The van der Waals surface area contributed by atoms with Gasteiger partial charge in [0.25, 0.3) is 5.91 Å². The monoisotopic (exact) mass is 305 g/mol. The first-order valence-corrected chi connectivity index (χ1v) is 7.59. The number of halogens is 3. The van der Waals surface area contributed by atoms with Gasteiger partial charge in [-0.05, 0) is 31.2 Å². The number of hydrogen-bond donors (Lipinski definition) is 1. The quantitative estimate of drug-likeness (QED) is 0.811. The summed E-state index contributed by atoms with van der Waals surface area (Å²) in [5, 5.41) is 2.65. The average molecular weight is 305 g/mol. The van der Waals surface area contributed by atoms with Crippen LogP contribution in [0.2, 0.25) is 0 Å². The topological polar surface area (TPSA) is 29.1 Å². The fourth-order valence-corrected chi connectivity index (χ4v) is 2.68. The Bertz CT molecular complexity index is 458. The standard InChI is InChI=1S/C14H18F3NOS/c1-4-14(5-2,20-3)8-18-13(19)9-6-10(15)12(17)11(16)7-9/h6-7H,4-5,8H2,1-3H3,(H,18,19). The van der Waals surface area contributed by atoms with E-state index in [4.69, 9.17) is 0 Å². The highest BCUT2D eigenvalue weighted by atomic mass is 32.2. The molecule has 0 atom stereocenters. The van der Waals surface area contributed by atoms with Crippen molar-refractivity contribution in [2.24, 2.45) is 0 Å². The van der Waals surface area contributed by atoms with Crippen molar-refractivity contribution < 1.29 is 18.0 Å². The Morgan fingerprint density at radius 3 is 2.10 bits per heavy atom. The summed E-state index contributed by atoms with van der Waals surface area (Å²) in [6.07, 6.45) is 3.67. The fourth-order valence-electron chi connectivity index (χ4n) is 1.89. The first-order chi connectivity index (χ1) is 9.39. The number of hydrogen-bond acceptors (Lipinski definition) is 2. The third kappa shape index (κ3) is 3.69. The summed E-state index contributed by atoms with van der Waals surface area (Å²) in [5.41, 5.74) is -0.219. The maximum absolute atomic E-state index is 13.1. The van der Waals surface area contributed by atoms with Crippen LogP contribution >= 0.6 is 11.8 Å². The van der Waals surface area contributed by atoms with Gasteiger partial charge in [0.05, 0.1) is 0 Å². The molecule has 0 aromatic heterocycles. The lowest BCUT2D eigenvalue weighted by molar-refractivity contribution is 0.0947. The van der Waals surface area contributed by atoms with Crippen LogP contribution in [0, 0.1) is 17.5 Å². The van der Waals surface area contributed by atoms with Crippen LogP contribution in [0.4, 0.5) is 13.2 Å². The lowest BCUT2D eigenvalue weighted by Gasteiger charge is -2.29. The van der Waals surface area contributed by atoms with Crippen molar-refractivity contribution in [1.29, 1.82) is 0 Å². The van der Waals surface area contributed by atoms with Crippen molar-refractivity contribution in [1.82, 2.24) is 5.32 Å². The lowest BCUT2D eigenvalue weighted by Crippen LogP contribution is -2.39. The zero-order valence-electron chi connectivity index (χ0n) is 11.7. The molecular formula is C14H18F3NOS. The molecule has 2 nitrogen and oxygen atoms in total. The van der Waals surface area contributed by atoms with E-state index < -0.39 is 23.4 Å².